The Bertz CT molecular complexity index is 736. The molecule has 2 aromatic rings. The van der Waals surface area contributed by atoms with Crippen LogP contribution in [0.25, 0.3) is 0 Å². The standard InChI is InChI=1S/C18H18ClN3O2/c19-16-11-14(8-9-20-16)18(24)21-15(13-5-2-1-3-6-13)12-22-10-4-7-17(22)23/h1-3,5-6,8-9,11,15H,4,7,10,12H2,(H,21,24). The molecular formula is C18H18ClN3O2. The van der Waals surface area contributed by atoms with Crippen molar-refractivity contribution in [1.29, 1.82) is 0 Å². The topological polar surface area (TPSA) is 62.3 Å². The highest BCUT2D eigenvalue weighted by Gasteiger charge is 2.25. The third kappa shape index (κ3) is 3.92. The zero-order valence-corrected chi connectivity index (χ0v) is 13.9. The van der Waals surface area contributed by atoms with Crippen molar-refractivity contribution in [2.75, 3.05) is 13.1 Å². The Hall–Kier alpha value is -2.40. The highest BCUT2D eigenvalue weighted by Crippen LogP contribution is 2.19. The van der Waals surface area contributed by atoms with Crippen molar-refractivity contribution in [2.45, 2.75) is 18.9 Å². The molecule has 0 aliphatic carbocycles. The minimum Gasteiger partial charge on any atom is -0.343 e. The Morgan fingerprint density at radius 3 is 2.75 bits per heavy atom. The number of rotatable bonds is 5. The summed E-state index contributed by atoms with van der Waals surface area (Å²) in [4.78, 5) is 30.2. The fourth-order valence-corrected chi connectivity index (χ4v) is 3.00. The summed E-state index contributed by atoms with van der Waals surface area (Å²) in [6.07, 6.45) is 2.95. The van der Waals surface area contributed by atoms with Crippen LogP contribution in [0, 0.1) is 0 Å². The van der Waals surface area contributed by atoms with Crippen LogP contribution in [0.4, 0.5) is 0 Å². The number of hydrogen-bond acceptors (Lipinski definition) is 3. The minimum absolute atomic E-state index is 0.136. The van der Waals surface area contributed by atoms with E-state index in [2.05, 4.69) is 10.3 Å². The molecule has 5 nitrogen and oxygen atoms in total. The van der Waals surface area contributed by atoms with Gasteiger partial charge in [0, 0.05) is 31.3 Å². The van der Waals surface area contributed by atoms with Crippen molar-refractivity contribution < 1.29 is 9.59 Å². The van der Waals surface area contributed by atoms with Crippen LogP contribution in [-0.2, 0) is 4.79 Å². The normalized spacial score (nSPS) is 15.4. The van der Waals surface area contributed by atoms with Crippen LogP contribution in [0.3, 0.4) is 0 Å². The summed E-state index contributed by atoms with van der Waals surface area (Å²) in [5, 5.41) is 3.28. The molecule has 1 atom stereocenters. The maximum Gasteiger partial charge on any atom is 0.251 e. The van der Waals surface area contributed by atoms with Gasteiger partial charge in [0.2, 0.25) is 5.91 Å². The lowest BCUT2D eigenvalue weighted by molar-refractivity contribution is -0.128. The lowest BCUT2D eigenvalue weighted by Gasteiger charge is -2.25. The largest absolute Gasteiger partial charge is 0.343 e. The molecule has 2 amide bonds. The fraction of sp³-hybridized carbons (Fsp3) is 0.278. The average molecular weight is 344 g/mol. The van der Waals surface area contributed by atoms with Crippen LogP contribution < -0.4 is 5.32 Å². The fourth-order valence-electron chi connectivity index (χ4n) is 2.82. The van der Waals surface area contributed by atoms with Crippen LogP contribution in [-0.4, -0.2) is 34.8 Å². The van der Waals surface area contributed by atoms with E-state index in [4.69, 9.17) is 11.6 Å². The number of carbonyl (C=O) groups is 2. The Kier molecular flexibility index (Phi) is 5.11. The van der Waals surface area contributed by atoms with E-state index in [0.717, 1.165) is 18.5 Å². The Morgan fingerprint density at radius 2 is 2.08 bits per heavy atom. The first kappa shape index (κ1) is 16.5. The van der Waals surface area contributed by atoms with Gasteiger partial charge in [-0.25, -0.2) is 4.98 Å². The third-order valence-electron chi connectivity index (χ3n) is 4.07. The number of aromatic nitrogens is 1. The van der Waals surface area contributed by atoms with Gasteiger partial charge in [-0.15, -0.1) is 0 Å². The van der Waals surface area contributed by atoms with Gasteiger partial charge in [0.25, 0.3) is 5.91 Å². The number of amides is 2. The second kappa shape index (κ2) is 7.45. The molecule has 6 heteroatoms. The van der Waals surface area contributed by atoms with Crippen LogP contribution >= 0.6 is 11.6 Å². The lowest BCUT2D eigenvalue weighted by atomic mass is 10.1. The minimum atomic E-state index is -0.271. The summed E-state index contributed by atoms with van der Waals surface area (Å²) in [7, 11) is 0. The van der Waals surface area contributed by atoms with Gasteiger partial charge >= 0.3 is 0 Å². The molecule has 1 unspecified atom stereocenters. The maximum atomic E-state index is 12.5. The molecule has 1 fully saturated rings. The van der Waals surface area contributed by atoms with Gasteiger partial charge in [-0.2, -0.15) is 0 Å². The van der Waals surface area contributed by atoms with E-state index in [1.165, 1.54) is 12.3 Å². The zero-order chi connectivity index (χ0) is 16.9. The molecule has 124 valence electrons. The van der Waals surface area contributed by atoms with Gasteiger partial charge < -0.3 is 10.2 Å². The third-order valence-corrected chi connectivity index (χ3v) is 4.28. The van der Waals surface area contributed by atoms with Crippen molar-refractivity contribution in [2.24, 2.45) is 0 Å². The highest BCUT2D eigenvalue weighted by atomic mass is 35.5. The first-order chi connectivity index (χ1) is 11.6. The Balaban J connectivity index is 1.79. The number of benzene rings is 1. The van der Waals surface area contributed by atoms with E-state index in [9.17, 15) is 9.59 Å². The number of carbonyl (C=O) groups excluding carboxylic acids is 2. The summed E-state index contributed by atoms with van der Waals surface area (Å²) in [5.74, 6) is -0.100. The van der Waals surface area contributed by atoms with Crippen LogP contribution in [0.1, 0.15) is 34.8 Å². The van der Waals surface area contributed by atoms with Crippen molar-refractivity contribution in [3.8, 4) is 0 Å². The predicted molar refractivity (Wildman–Crippen MR) is 91.7 cm³/mol. The van der Waals surface area contributed by atoms with E-state index in [1.54, 1.807) is 11.0 Å². The molecule has 1 N–H and O–H groups in total. The SMILES string of the molecule is O=C(NC(CN1CCCC1=O)c1ccccc1)c1ccnc(Cl)c1. The quantitative estimate of drug-likeness (QED) is 0.849. The van der Waals surface area contributed by atoms with Crippen molar-refractivity contribution >= 4 is 23.4 Å². The molecule has 24 heavy (non-hydrogen) atoms. The van der Waals surface area contributed by atoms with Gasteiger partial charge in [-0.1, -0.05) is 41.9 Å². The number of likely N-dealkylation sites (tertiary alicyclic amines) is 1. The summed E-state index contributed by atoms with van der Waals surface area (Å²) in [6, 6.07) is 12.5. The molecule has 1 aliphatic heterocycles. The predicted octanol–water partition coefficient (Wildman–Crippen LogP) is 2.83. The molecule has 1 aromatic carbocycles. The number of nitrogens with zero attached hydrogens (tertiary/aromatic N) is 2. The molecular weight excluding hydrogens is 326 g/mol. The van der Waals surface area contributed by atoms with E-state index in [-0.39, 0.29) is 23.0 Å². The van der Waals surface area contributed by atoms with Crippen molar-refractivity contribution in [3.05, 3.63) is 64.9 Å². The van der Waals surface area contributed by atoms with E-state index in [1.807, 2.05) is 30.3 Å². The number of nitrogens with one attached hydrogen (secondary N) is 1. The Morgan fingerprint density at radius 1 is 1.29 bits per heavy atom. The molecule has 0 spiro atoms. The van der Waals surface area contributed by atoms with Gasteiger partial charge in [0.15, 0.2) is 0 Å². The van der Waals surface area contributed by atoms with Gasteiger partial charge in [-0.3, -0.25) is 9.59 Å². The first-order valence-corrected chi connectivity index (χ1v) is 8.26. The van der Waals surface area contributed by atoms with Gasteiger partial charge in [-0.05, 0) is 24.1 Å². The lowest BCUT2D eigenvalue weighted by Crippen LogP contribution is -2.38. The first-order valence-electron chi connectivity index (χ1n) is 7.88. The summed E-state index contributed by atoms with van der Waals surface area (Å²) in [5.41, 5.74) is 1.41. The second-order valence-electron chi connectivity index (χ2n) is 5.75. The molecule has 3 rings (SSSR count). The Labute approximate surface area is 145 Å². The number of hydrogen-bond donors (Lipinski definition) is 1. The van der Waals surface area contributed by atoms with Crippen molar-refractivity contribution in [1.82, 2.24) is 15.2 Å². The molecule has 1 aliphatic rings. The van der Waals surface area contributed by atoms with E-state index < -0.39 is 0 Å². The number of pyridine rings is 1. The number of halogens is 1. The summed E-state index contributed by atoms with van der Waals surface area (Å²) >= 11 is 5.86. The monoisotopic (exact) mass is 343 g/mol. The van der Waals surface area contributed by atoms with Gasteiger partial charge in [0.05, 0.1) is 6.04 Å². The summed E-state index contributed by atoms with van der Waals surface area (Å²) < 4.78 is 0. The molecule has 1 aromatic heterocycles. The van der Waals surface area contributed by atoms with Crippen molar-refractivity contribution in [3.63, 3.8) is 0 Å². The van der Waals surface area contributed by atoms with Crippen LogP contribution in [0.15, 0.2) is 48.7 Å². The molecule has 1 saturated heterocycles. The molecule has 2 heterocycles. The highest BCUT2D eigenvalue weighted by molar-refractivity contribution is 6.29. The van der Waals surface area contributed by atoms with Crippen LogP contribution in [0.5, 0.6) is 0 Å². The maximum absolute atomic E-state index is 12.5. The molecule has 0 saturated carbocycles. The molecule has 0 radical (unpaired) electrons. The molecule has 0 bridgehead atoms. The zero-order valence-electron chi connectivity index (χ0n) is 13.1. The second-order valence-corrected chi connectivity index (χ2v) is 6.13. The van der Waals surface area contributed by atoms with Gasteiger partial charge in [0.1, 0.15) is 5.15 Å². The smallest absolute Gasteiger partial charge is 0.251 e. The average Bonchev–Trinajstić information content (AvgIpc) is 3.00. The van der Waals surface area contributed by atoms with E-state index in [0.29, 0.717) is 18.5 Å². The van der Waals surface area contributed by atoms with E-state index >= 15 is 0 Å². The summed E-state index contributed by atoms with van der Waals surface area (Å²) in [6.45, 7) is 1.20. The van der Waals surface area contributed by atoms with Crippen LogP contribution in [0.2, 0.25) is 5.15 Å².